The van der Waals surface area contributed by atoms with Crippen LogP contribution in [0.5, 0.6) is 0 Å². The Morgan fingerprint density at radius 3 is 2.32 bits per heavy atom. The Bertz CT molecular complexity index is 717. The highest BCUT2D eigenvalue weighted by Crippen LogP contribution is 2.49. The van der Waals surface area contributed by atoms with Gasteiger partial charge in [0.1, 0.15) is 11.7 Å². The molecule has 0 aliphatic carbocycles. The lowest BCUT2D eigenvalue weighted by Crippen LogP contribution is -2.46. The van der Waals surface area contributed by atoms with Crippen molar-refractivity contribution in [2.24, 2.45) is 5.92 Å². The van der Waals surface area contributed by atoms with Gasteiger partial charge in [0.2, 0.25) is 0 Å². The number of ether oxygens (including phenoxy) is 4. The lowest BCUT2D eigenvalue weighted by Gasteiger charge is -2.37. The predicted octanol–water partition coefficient (Wildman–Crippen LogP) is 3.46. The van der Waals surface area contributed by atoms with Crippen LogP contribution in [-0.4, -0.2) is 58.8 Å². The van der Waals surface area contributed by atoms with Gasteiger partial charge in [-0.15, -0.1) is 0 Å². The minimum Gasteiger partial charge on any atom is -0.463 e. The van der Waals surface area contributed by atoms with Crippen molar-refractivity contribution >= 4 is 11.9 Å². The van der Waals surface area contributed by atoms with Crippen LogP contribution in [0.3, 0.4) is 0 Å². The van der Waals surface area contributed by atoms with E-state index in [1.54, 1.807) is 13.8 Å². The van der Waals surface area contributed by atoms with Gasteiger partial charge in [-0.2, -0.15) is 0 Å². The molecular weight excluding hydrogens is 400 g/mol. The smallest absolute Gasteiger partial charge is 0.333 e. The maximum atomic E-state index is 12.4. The van der Waals surface area contributed by atoms with Gasteiger partial charge in [-0.05, 0) is 78.6 Å². The van der Waals surface area contributed by atoms with E-state index in [4.69, 9.17) is 18.9 Å². The fraction of sp³-hybridized carbons (Fsp3) is 0.833. The molecule has 7 atom stereocenters. The van der Waals surface area contributed by atoms with Crippen molar-refractivity contribution in [2.45, 2.75) is 115 Å². The average molecular weight is 439 g/mol. The topological polar surface area (TPSA) is 94.6 Å². The molecule has 3 aliphatic rings. The van der Waals surface area contributed by atoms with E-state index in [1.807, 2.05) is 6.92 Å². The summed E-state index contributed by atoms with van der Waals surface area (Å²) in [5.41, 5.74) is -1.63. The standard InChI is InChI=1S/C24H38O7/c1-7-28-21(26)15(2)17-8-11-22(4,27)18-9-12-23(5,30-18)19(29-16(3)25)10-13-24(6)20(14-17)31-24/h17-20,27H,2,7-14H2,1,3-6H3. The maximum absolute atomic E-state index is 12.4. The van der Waals surface area contributed by atoms with E-state index >= 15 is 0 Å². The van der Waals surface area contributed by atoms with Crippen LogP contribution in [-0.2, 0) is 28.5 Å². The van der Waals surface area contributed by atoms with E-state index in [9.17, 15) is 14.7 Å². The fourth-order valence-corrected chi connectivity index (χ4v) is 5.16. The molecule has 3 fully saturated rings. The molecule has 0 aromatic heterocycles. The number of fused-ring (bicyclic) bond motifs is 3. The number of hydrogen-bond acceptors (Lipinski definition) is 7. The molecule has 0 amide bonds. The first-order chi connectivity index (χ1) is 14.4. The van der Waals surface area contributed by atoms with E-state index in [1.165, 1.54) is 6.92 Å². The third-order valence-corrected chi connectivity index (χ3v) is 7.46. The zero-order valence-electron chi connectivity index (χ0n) is 19.6. The van der Waals surface area contributed by atoms with Gasteiger partial charge in [0.05, 0.1) is 30.0 Å². The first-order valence-corrected chi connectivity index (χ1v) is 11.5. The number of aliphatic hydroxyl groups is 1. The molecule has 1 N–H and O–H groups in total. The number of carbonyl (C=O) groups is 2. The summed E-state index contributed by atoms with van der Waals surface area (Å²) in [4.78, 5) is 24.1. The molecule has 3 rings (SSSR count). The largest absolute Gasteiger partial charge is 0.463 e. The molecule has 176 valence electrons. The first-order valence-electron chi connectivity index (χ1n) is 11.5. The van der Waals surface area contributed by atoms with E-state index < -0.39 is 23.3 Å². The van der Waals surface area contributed by atoms with Crippen LogP contribution in [0.15, 0.2) is 12.2 Å². The second-order valence-electron chi connectivity index (χ2n) is 10.1. The third-order valence-electron chi connectivity index (χ3n) is 7.46. The van der Waals surface area contributed by atoms with Crippen LogP contribution in [0.4, 0.5) is 0 Å². The van der Waals surface area contributed by atoms with Gasteiger partial charge >= 0.3 is 11.9 Å². The summed E-state index contributed by atoms with van der Waals surface area (Å²) in [6.45, 7) is 13.3. The summed E-state index contributed by atoms with van der Waals surface area (Å²) in [6.07, 6.45) is 3.61. The van der Waals surface area contributed by atoms with Gasteiger partial charge in [0.25, 0.3) is 0 Å². The normalized spacial score (nSPS) is 42.9. The Morgan fingerprint density at radius 2 is 1.68 bits per heavy atom. The van der Waals surface area contributed by atoms with Crippen LogP contribution in [0, 0.1) is 5.92 Å². The Labute approximate surface area is 185 Å². The SMILES string of the molecule is C=C(C(=O)OCC)C1CCC(C)(O)C2CCC(C)(O2)C(OC(C)=O)CCC2(C)OC2C1. The second kappa shape index (κ2) is 8.83. The van der Waals surface area contributed by atoms with Crippen molar-refractivity contribution in [3.05, 3.63) is 12.2 Å². The van der Waals surface area contributed by atoms with Crippen LogP contribution in [0.1, 0.15) is 79.6 Å². The fourth-order valence-electron chi connectivity index (χ4n) is 5.16. The molecular formula is C24H38O7. The highest BCUT2D eigenvalue weighted by Gasteiger charge is 2.56. The molecule has 3 saturated heterocycles. The summed E-state index contributed by atoms with van der Waals surface area (Å²) in [7, 11) is 0. The Kier molecular flexibility index (Phi) is 6.90. The van der Waals surface area contributed by atoms with E-state index in [0.717, 1.165) is 0 Å². The molecule has 0 spiro atoms. The molecule has 0 radical (unpaired) electrons. The molecule has 7 heteroatoms. The van der Waals surface area contributed by atoms with Crippen LogP contribution < -0.4 is 0 Å². The average Bonchev–Trinajstić information content (AvgIpc) is 3.12. The highest BCUT2D eigenvalue weighted by molar-refractivity contribution is 5.88. The first kappa shape index (κ1) is 24.2. The van der Waals surface area contributed by atoms with Gasteiger partial charge in [0.15, 0.2) is 0 Å². The van der Waals surface area contributed by atoms with Crippen molar-refractivity contribution in [1.82, 2.24) is 0 Å². The minimum atomic E-state index is -1.08. The number of carbonyl (C=O) groups excluding carboxylic acids is 2. The quantitative estimate of drug-likeness (QED) is 0.408. The van der Waals surface area contributed by atoms with Gasteiger partial charge in [-0.1, -0.05) is 6.58 Å². The number of esters is 2. The number of hydrogen-bond donors (Lipinski definition) is 1. The van der Waals surface area contributed by atoms with Crippen molar-refractivity contribution in [3.63, 3.8) is 0 Å². The van der Waals surface area contributed by atoms with E-state index in [2.05, 4.69) is 13.5 Å². The lowest BCUT2D eigenvalue weighted by molar-refractivity contribution is -0.184. The maximum Gasteiger partial charge on any atom is 0.333 e. The van der Waals surface area contributed by atoms with Crippen LogP contribution in [0.2, 0.25) is 0 Å². The van der Waals surface area contributed by atoms with Gasteiger partial charge in [-0.3, -0.25) is 4.79 Å². The Morgan fingerprint density at radius 1 is 1.03 bits per heavy atom. The predicted molar refractivity (Wildman–Crippen MR) is 114 cm³/mol. The Balaban J connectivity index is 1.85. The molecule has 7 nitrogen and oxygen atoms in total. The Hall–Kier alpha value is -1.44. The molecule has 7 unspecified atom stereocenters. The van der Waals surface area contributed by atoms with Gasteiger partial charge in [0, 0.05) is 12.5 Å². The van der Waals surface area contributed by atoms with Crippen molar-refractivity contribution < 1.29 is 33.6 Å². The van der Waals surface area contributed by atoms with Crippen molar-refractivity contribution in [3.8, 4) is 0 Å². The lowest BCUT2D eigenvalue weighted by atomic mass is 9.81. The molecule has 31 heavy (non-hydrogen) atoms. The van der Waals surface area contributed by atoms with E-state index in [0.29, 0.717) is 57.1 Å². The number of epoxide rings is 1. The minimum absolute atomic E-state index is 0.0155. The molecule has 0 saturated carbocycles. The summed E-state index contributed by atoms with van der Waals surface area (Å²) < 4.78 is 23.3. The van der Waals surface area contributed by atoms with Gasteiger partial charge < -0.3 is 24.1 Å². The molecule has 0 aromatic rings. The zero-order chi connectivity index (χ0) is 23.0. The molecule has 3 aliphatic heterocycles. The van der Waals surface area contributed by atoms with Crippen LogP contribution >= 0.6 is 0 Å². The van der Waals surface area contributed by atoms with Crippen molar-refractivity contribution in [2.75, 3.05) is 6.61 Å². The highest BCUT2D eigenvalue weighted by atomic mass is 16.6. The molecule has 2 bridgehead atoms. The number of rotatable bonds is 4. The van der Waals surface area contributed by atoms with Crippen molar-refractivity contribution in [1.29, 1.82) is 0 Å². The summed E-state index contributed by atoms with van der Waals surface area (Å²) in [6, 6.07) is 0. The third kappa shape index (κ3) is 5.32. The second-order valence-corrected chi connectivity index (χ2v) is 10.1. The zero-order valence-corrected chi connectivity index (χ0v) is 19.6. The summed E-state index contributed by atoms with van der Waals surface area (Å²) in [5.74, 6) is -0.868. The molecule has 3 heterocycles. The summed E-state index contributed by atoms with van der Waals surface area (Å²) >= 11 is 0. The molecule has 0 aromatic carbocycles. The van der Waals surface area contributed by atoms with E-state index in [-0.39, 0.29) is 29.7 Å². The summed E-state index contributed by atoms with van der Waals surface area (Å²) in [5, 5.41) is 11.3. The van der Waals surface area contributed by atoms with Crippen LogP contribution in [0.25, 0.3) is 0 Å². The monoisotopic (exact) mass is 438 g/mol. The van der Waals surface area contributed by atoms with Gasteiger partial charge in [-0.25, -0.2) is 4.79 Å².